The maximum Gasteiger partial charge on any atom is 0.265 e. The van der Waals surface area contributed by atoms with E-state index in [0.29, 0.717) is 6.54 Å². The van der Waals surface area contributed by atoms with Crippen LogP contribution < -0.4 is 5.73 Å². The van der Waals surface area contributed by atoms with Gasteiger partial charge < -0.3 is 10.6 Å². The van der Waals surface area contributed by atoms with E-state index in [1.165, 1.54) is 11.3 Å². The van der Waals surface area contributed by atoms with Gasteiger partial charge in [-0.05, 0) is 25.7 Å². The van der Waals surface area contributed by atoms with E-state index in [-0.39, 0.29) is 11.9 Å². The molecule has 17 heavy (non-hydrogen) atoms. The number of carbonyl (C=O) groups excluding carboxylic acids is 1. The van der Waals surface area contributed by atoms with Gasteiger partial charge in [-0.25, -0.2) is 4.98 Å². The highest BCUT2D eigenvalue weighted by atomic mass is 32.1. The van der Waals surface area contributed by atoms with Crippen molar-refractivity contribution in [2.24, 2.45) is 5.73 Å². The van der Waals surface area contributed by atoms with Crippen molar-refractivity contribution in [3.05, 3.63) is 16.1 Å². The number of hydrogen-bond donors (Lipinski definition) is 1. The molecule has 2 N–H and O–H groups in total. The predicted octanol–water partition coefficient (Wildman–Crippen LogP) is 1.66. The lowest BCUT2D eigenvalue weighted by Gasteiger charge is -2.22. The largest absolute Gasteiger partial charge is 0.334 e. The minimum atomic E-state index is 0.109. The minimum Gasteiger partial charge on any atom is -0.334 e. The Labute approximate surface area is 106 Å². The van der Waals surface area contributed by atoms with E-state index in [4.69, 9.17) is 5.73 Å². The zero-order valence-electron chi connectivity index (χ0n) is 10.2. The summed E-state index contributed by atoms with van der Waals surface area (Å²) in [6, 6.07) is 0.222. The lowest BCUT2D eigenvalue weighted by molar-refractivity contribution is 0.0746. The van der Waals surface area contributed by atoms with Crippen molar-refractivity contribution in [1.82, 2.24) is 9.88 Å². The van der Waals surface area contributed by atoms with E-state index in [2.05, 4.69) is 11.9 Å². The van der Waals surface area contributed by atoms with Crippen molar-refractivity contribution in [2.45, 2.75) is 38.6 Å². The van der Waals surface area contributed by atoms with E-state index < -0.39 is 0 Å². The number of rotatable bonds is 4. The smallest absolute Gasteiger partial charge is 0.265 e. The number of thiazole rings is 1. The van der Waals surface area contributed by atoms with E-state index in [9.17, 15) is 4.79 Å². The van der Waals surface area contributed by atoms with E-state index in [1.807, 2.05) is 4.90 Å². The van der Waals surface area contributed by atoms with Gasteiger partial charge in [0.2, 0.25) is 0 Å². The molecule has 1 fully saturated rings. The number of hydrogen-bond acceptors (Lipinski definition) is 4. The Morgan fingerprint density at radius 1 is 1.71 bits per heavy atom. The third kappa shape index (κ3) is 2.66. The minimum absolute atomic E-state index is 0.109. The summed E-state index contributed by atoms with van der Waals surface area (Å²) in [4.78, 5) is 19.2. The van der Waals surface area contributed by atoms with Crippen LogP contribution in [-0.4, -0.2) is 34.9 Å². The van der Waals surface area contributed by atoms with Gasteiger partial charge in [-0.15, -0.1) is 11.3 Å². The number of nitrogens with two attached hydrogens (primary N) is 1. The van der Waals surface area contributed by atoms with Crippen molar-refractivity contribution in [1.29, 1.82) is 0 Å². The Hall–Kier alpha value is -0.940. The highest BCUT2D eigenvalue weighted by Crippen LogP contribution is 2.22. The molecule has 0 spiro atoms. The van der Waals surface area contributed by atoms with Crippen molar-refractivity contribution in [3.63, 3.8) is 0 Å². The van der Waals surface area contributed by atoms with Crippen molar-refractivity contribution in [3.8, 4) is 0 Å². The average molecular weight is 253 g/mol. The number of nitrogens with zero attached hydrogens (tertiary/aromatic N) is 2. The summed E-state index contributed by atoms with van der Waals surface area (Å²) in [6.07, 6.45) is 5.83. The van der Waals surface area contributed by atoms with Gasteiger partial charge in [-0.2, -0.15) is 0 Å². The lowest BCUT2D eigenvalue weighted by atomic mass is 10.2. The van der Waals surface area contributed by atoms with Crippen LogP contribution in [0.15, 0.2) is 6.20 Å². The second kappa shape index (κ2) is 5.60. The normalized spacial score (nSPS) is 19.9. The van der Waals surface area contributed by atoms with E-state index in [0.717, 1.165) is 42.1 Å². The van der Waals surface area contributed by atoms with Gasteiger partial charge in [0.15, 0.2) is 0 Å². The summed E-state index contributed by atoms with van der Waals surface area (Å²) >= 11 is 1.52. The molecule has 1 aromatic heterocycles. The van der Waals surface area contributed by atoms with Crippen LogP contribution in [0.2, 0.25) is 0 Å². The second-order valence-electron chi connectivity index (χ2n) is 4.40. The van der Waals surface area contributed by atoms with Crippen molar-refractivity contribution < 1.29 is 4.79 Å². The van der Waals surface area contributed by atoms with E-state index in [1.54, 1.807) is 6.20 Å². The number of aryl methyl sites for hydroxylation is 1. The summed E-state index contributed by atoms with van der Waals surface area (Å²) < 4.78 is 0. The average Bonchev–Trinajstić information content (AvgIpc) is 2.96. The molecule has 1 aliphatic heterocycles. The Balaban J connectivity index is 2.07. The molecule has 1 aliphatic rings. The van der Waals surface area contributed by atoms with Crippen LogP contribution in [0.1, 0.15) is 40.9 Å². The number of aromatic nitrogens is 1. The molecule has 2 heterocycles. The molecule has 1 atom stereocenters. The first kappa shape index (κ1) is 12.5. The van der Waals surface area contributed by atoms with Crippen LogP contribution in [0.3, 0.4) is 0 Å². The van der Waals surface area contributed by atoms with Crippen LogP contribution in [0.4, 0.5) is 0 Å². The molecule has 0 saturated carbocycles. The molecule has 1 amide bonds. The van der Waals surface area contributed by atoms with Gasteiger partial charge in [0.25, 0.3) is 5.91 Å². The maximum atomic E-state index is 12.3. The van der Waals surface area contributed by atoms with Crippen LogP contribution in [0.25, 0.3) is 0 Å². The first-order valence-corrected chi connectivity index (χ1v) is 7.03. The Morgan fingerprint density at radius 2 is 2.53 bits per heavy atom. The molecule has 0 aliphatic carbocycles. The molecular weight excluding hydrogens is 234 g/mol. The molecule has 4 nitrogen and oxygen atoms in total. The highest BCUT2D eigenvalue weighted by molar-refractivity contribution is 7.13. The number of amides is 1. The second-order valence-corrected chi connectivity index (χ2v) is 5.51. The molecule has 1 aromatic rings. The Morgan fingerprint density at radius 3 is 3.24 bits per heavy atom. The third-order valence-corrected chi connectivity index (χ3v) is 4.18. The molecule has 0 radical (unpaired) electrons. The molecule has 5 heteroatoms. The van der Waals surface area contributed by atoms with Gasteiger partial charge in [-0.3, -0.25) is 4.79 Å². The molecule has 1 saturated heterocycles. The molecule has 1 unspecified atom stereocenters. The molecular formula is C12H19N3OS. The fraction of sp³-hybridized carbons (Fsp3) is 0.667. The summed E-state index contributed by atoms with van der Waals surface area (Å²) in [5.74, 6) is 0.109. The highest BCUT2D eigenvalue weighted by Gasteiger charge is 2.29. The van der Waals surface area contributed by atoms with E-state index >= 15 is 0 Å². The molecule has 2 rings (SSSR count). The van der Waals surface area contributed by atoms with Crippen LogP contribution >= 0.6 is 11.3 Å². The fourth-order valence-corrected chi connectivity index (χ4v) is 3.20. The quantitative estimate of drug-likeness (QED) is 0.887. The van der Waals surface area contributed by atoms with Gasteiger partial charge >= 0.3 is 0 Å². The number of likely N-dealkylation sites (tertiary alicyclic amines) is 1. The lowest BCUT2D eigenvalue weighted by Crippen LogP contribution is -2.39. The summed E-state index contributed by atoms with van der Waals surface area (Å²) in [7, 11) is 0. The van der Waals surface area contributed by atoms with Crippen LogP contribution in [0, 0.1) is 0 Å². The SMILES string of the molecule is CCCc1ncc(C(=O)N2CCCC2CN)s1. The van der Waals surface area contributed by atoms with Crippen molar-refractivity contribution in [2.75, 3.05) is 13.1 Å². The fourth-order valence-electron chi connectivity index (χ4n) is 2.23. The number of carbonyl (C=O) groups is 1. The molecule has 94 valence electrons. The Kier molecular flexibility index (Phi) is 4.12. The summed E-state index contributed by atoms with van der Waals surface area (Å²) in [5.41, 5.74) is 5.69. The summed E-state index contributed by atoms with van der Waals surface area (Å²) in [6.45, 7) is 3.52. The third-order valence-electron chi connectivity index (χ3n) is 3.14. The monoisotopic (exact) mass is 253 g/mol. The van der Waals surface area contributed by atoms with Crippen LogP contribution in [-0.2, 0) is 6.42 Å². The first-order chi connectivity index (χ1) is 8.26. The molecule has 0 aromatic carbocycles. The van der Waals surface area contributed by atoms with Crippen molar-refractivity contribution >= 4 is 17.2 Å². The zero-order chi connectivity index (χ0) is 12.3. The first-order valence-electron chi connectivity index (χ1n) is 6.22. The van der Waals surface area contributed by atoms with Gasteiger partial charge in [-0.1, -0.05) is 6.92 Å². The topological polar surface area (TPSA) is 59.2 Å². The maximum absolute atomic E-state index is 12.3. The van der Waals surface area contributed by atoms with Gasteiger partial charge in [0.05, 0.1) is 11.2 Å². The molecule has 0 bridgehead atoms. The van der Waals surface area contributed by atoms with Crippen LogP contribution in [0.5, 0.6) is 0 Å². The predicted molar refractivity (Wildman–Crippen MR) is 69.2 cm³/mol. The Bertz CT molecular complexity index is 391. The zero-order valence-corrected chi connectivity index (χ0v) is 11.0. The van der Waals surface area contributed by atoms with Gasteiger partial charge in [0.1, 0.15) is 4.88 Å². The summed E-state index contributed by atoms with van der Waals surface area (Å²) in [5, 5.41) is 1.05. The standard InChI is InChI=1S/C12H19N3OS/c1-2-4-11-14-8-10(17-11)12(16)15-6-3-5-9(15)7-13/h8-9H,2-7,13H2,1H3. The van der Waals surface area contributed by atoms with Gasteiger partial charge in [0, 0.05) is 19.1 Å².